The molecule has 0 unspecified atom stereocenters. The number of rotatable bonds is 3. The van der Waals surface area contributed by atoms with Crippen molar-refractivity contribution < 1.29 is 4.92 Å². The minimum atomic E-state index is -0.340. The molecule has 0 aromatic heterocycles. The molecule has 2 rings (SSSR count). The second kappa shape index (κ2) is 5.92. The molecule has 0 N–H and O–H groups in total. The first-order chi connectivity index (χ1) is 9.88. The van der Waals surface area contributed by atoms with Crippen molar-refractivity contribution in [2.24, 2.45) is 0 Å². The SMILES string of the molecule is CC(C)(C)c1ccc(C=C(c2ccccc2)[N+](=O)[O-])cc1. The lowest BCUT2D eigenvalue weighted by Gasteiger charge is -2.18. The summed E-state index contributed by atoms with van der Waals surface area (Å²) >= 11 is 0. The van der Waals surface area contributed by atoms with Gasteiger partial charge in [0.25, 0.3) is 5.70 Å². The molecule has 2 aromatic carbocycles. The highest BCUT2D eigenvalue weighted by atomic mass is 16.6. The van der Waals surface area contributed by atoms with E-state index in [1.54, 1.807) is 30.3 Å². The summed E-state index contributed by atoms with van der Waals surface area (Å²) in [5.41, 5.74) is 2.84. The predicted octanol–water partition coefficient (Wildman–Crippen LogP) is 4.76. The molecule has 3 heteroatoms. The van der Waals surface area contributed by atoms with E-state index >= 15 is 0 Å². The van der Waals surface area contributed by atoms with E-state index < -0.39 is 0 Å². The third-order valence-electron chi connectivity index (χ3n) is 3.35. The van der Waals surface area contributed by atoms with Gasteiger partial charge in [-0.15, -0.1) is 0 Å². The van der Waals surface area contributed by atoms with Crippen LogP contribution < -0.4 is 0 Å². The Hall–Kier alpha value is -2.42. The molecular weight excluding hydrogens is 262 g/mol. The molecule has 0 saturated carbocycles. The maximum Gasteiger partial charge on any atom is 0.277 e. The minimum absolute atomic E-state index is 0.0770. The Morgan fingerprint density at radius 2 is 1.57 bits per heavy atom. The van der Waals surface area contributed by atoms with Crippen LogP contribution in [0.25, 0.3) is 11.8 Å². The predicted molar refractivity (Wildman–Crippen MR) is 86.4 cm³/mol. The van der Waals surface area contributed by atoms with Gasteiger partial charge in [-0.1, -0.05) is 63.2 Å². The number of nitro groups is 1. The van der Waals surface area contributed by atoms with Crippen LogP contribution in [-0.4, -0.2) is 4.92 Å². The average molecular weight is 281 g/mol. The van der Waals surface area contributed by atoms with Gasteiger partial charge >= 0.3 is 0 Å². The molecule has 21 heavy (non-hydrogen) atoms. The fourth-order valence-corrected chi connectivity index (χ4v) is 2.09. The first-order valence-electron chi connectivity index (χ1n) is 6.90. The Morgan fingerprint density at radius 1 is 1.00 bits per heavy atom. The van der Waals surface area contributed by atoms with Gasteiger partial charge in [0.15, 0.2) is 0 Å². The molecule has 3 nitrogen and oxygen atoms in total. The summed E-state index contributed by atoms with van der Waals surface area (Å²) in [5, 5.41) is 11.3. The number of benzene rings is 2. The van der Waals surface area contributed by atoms with Gasteiger partial charge in [0.1, 0.15) is 0 Å². The molecule has 2 aromatic rings. The lowest BCUT2D eigenvalue weighted by Crippen LogP contribution is -2.10. The maximum atomic E-state index is 11.3. The highest BCUT2D eigenvalue weighted by Gasteiger charge is 2.15. The zero-order chi connectivity index (χ0) is 15.5. The van der Waals surface area contributed by atoms with E-state index in [4.69, 9.17) is 0 Å². The Balaban J connectivity index is 2.38. The standard InChI is InChI=1S/C18H19NO2/c1-18(2,3)16-11-9-14(10-12-16)13-17(19(20)21)15-7-5-4-6-8-15/h4-13H,1-3H3. The van der Waals surface area contributed by atoms with E-state index in [1.165, 1.54) is 5.56 Å². The highest BCUT2D eigenvalue weighted by Crippen LogP contribution is 2.24. The van der Waals surface area contributed by atoms with Crippen LogP contribution in [0.5, 0.6) is 0 Å². The van der Waals surface area contributed by atoms with E-state index in [1.807, 2.05) is 30.3 Å². The minimum Gasteiger partial charge on any atom is -0.258 e. The molecule has 0 radical (unpaired) electrons. The summed E-state index contributed by atoms with van der Waals surface area (Å²) in [4.78, 5) is 10.9. The van der Waals surface area contributed by atoms with Crippen LogP contribution in [0.4, 0.5) is 0 Å². The fourth-order valence-electron chi connectivity index (χ4n) is 2.09. The quantitative estimate of drug-likeness (QED) is 0.462. The van der Waals surface area contributed by atoms with Crippen molar-refractivity contribution in [1.82, 2.24) is 0 Å². The van der Waals surface area contributed by atoms with Gasteiger partial charge in [0.2, 0.25) is 0 Å². The Kier molecular flexibility index (Phi) is 4.22. The molecule has 0 fully saturated rings. The molecule has 0 heterocycles. The van der Waals surface area contributed by atoms with Crippen molar-refractivity contribution in [3.05, 3.63) is 81.4 Å². The molecule has 0 spiro atoms. The molecule has 0 atom stereocenters. The zero-order valence-electron chi connectivity index (χ0n) is 12.5. The van der Waals surface area contributed by atoms with Gasteiger partial charge in [-0.05, 0) is 28.7 Å². The van der Waals surface area contributed by atoms with Crippen LogP contribution in [0.3, 0.4) is 0 Å². The molecule has 0 bridgehead atoms. The molecule has 0 amide bonds. The Bertz CT molecular complexity index is 650. The molecule has 0 aliphatic heterocycles. The second-order valence-corrected chi connectivity index (χ2v) is 6.02. The van der Waals surface area contributed by atoms with E-state index in [2.05, 4.69) is 20.8 Å². The second-order valence-electron chi connectivity index (χ2n) is 6.02. The van der Waals surface area contributed by atoms with Crippen LogP contribution in [-0.2, 0) is 5.41 Å². The van der Waals surface area contributed by atoms with Gasteiger partial charge in [-0.2, -0.15) is 0 Å². The van der Waals surface area contributed by atoms with E-state index in [-0.39, 0.29) is 16.0 Å². The van der Waals surface area contributed by atoms with Crippen molar-refractivity contribution in [2.75, 3.05) is 0 Å². The fraction of sp³-hybridized carbons (Fsp3) is 0.222. The molecular formula is C18H19NO2. The summed E-state index contributed by atoms with van der Waals surface area (Å²) in [7, 11) is 0. The van der Waals surface area contributed by atoms with E-state index in [0.717, 1.165) is 5.56 Å². The highest BCUT2D eigenvalue weighted by molar-refractivity contribution is 5.76. The monoisotopic (exact) mass is 281 g/mol. The Morgan fingerprint density at radius 3 is 2.05 bits per heavy atom. The lowest BCUT2D eigenvalue weighted by molar-refractivity contribution is -0.374. The summed E-state index contributed by atoms with van der Waals surface area (Å²) in [6, 6.07) is 16.8. The van der Waals surface area contributed by atoms with Gasteiger partial charge in [-0.25, -0.2) is 0 Å². The zero-order valence-corrected chi connectivity index (χ0v) is 12.5. The van der Waals surface area contributed by atoms with Crippen LogP contribution in [0.2, 0.25) is 0 Å². The van der Waals surface area contributed by atoms with Crippen molar-refractivity contribution in [1.29, 1.82) is 0 Å². The van der Waals surface area contributed by atoms with Crippen molar-refractivity contribution in [3.63, 3.8) is 0 Å². The maximum absolute atomic E-state index is 11.3. The van der Waals surface area contributed by atoms with Crippen molar-refractivity contribution in [3.8, 4) is 0 Å². The number of nitrogens with zero attached hydrogens (tertiary/aromatic N) is 1. The van der Waals surface area contributed by atoms with Crippen molar-refractivity contribution >= 4 is 11.8 Å². The van der Waals surface area contributed by atoms with Crippen LogP contribution in [0, 0.1) is 10.1 Å². The third kappa shape index (κ3) is 3.78. The average Bonchev–Trinajstić information content (AvgIpc) is 2.45. The van der Waals surface area contributed by atoms with Gasteiger partial charge in [0, 0.05) is 6.08 Å². The molecule has 108 valence electrons. The van der Waals surface area contributed by atoms with Crippen LogP contribution in [0.15, 0.2) is 54.6 Å². The van der Waals surface area contributed by atoms with Crippen LogP contribution in [0.1, 0.15) is 37.5 Å². The normalized spacial score (nSPS) is 12.2. The summed E-state index contributed by atoms with van der Waals surface area (Å²) < 4.78 is 0. The van der Waals surface area contributed by atoms with Crippen molar-refractivity contribution in [2.45, 2.75) is 26.2 Å². The van der Waals surface area contributed by atoms with Gasteiger partial charge in [-0.3, -0.25) is 10.1 Å². The summed E-state index contributed by atoms with van der Waals surface area (Å²) in [6.45, 7) is 6.43. The molecule has 0 aliphatic carbocycles. The smallest absolute Gasteiger partial charge is 0.258 e. The molecule has 0 saturated heterocycles. The largest absolute Gasteiger partial charge is 0.277 e. The third-order valence-corrected chi connectivity index (χ3v) is 3.35. The number of hydrogen-bond donors (Lipinski definition) is 0. The number of hydrogen-bond acceptors (Lipinski definition) is 2. The van der Waals surface area contributed by atoms with Gasteiger partial charge < -0.3 is 0 Å². The molecule has 0 aliphatic rings. The summed E-state index contributed by atoms with van der Waals surface area (Å²) in [5.74, 6) is 0. The first-order valence-corrected chi connectivity index (χ1v) is 6.90. The Labute approximate surface area is 125 Å². The lowest BCUT2D eigenvalue weighted by atomic mass is 9.86. The summed E-state index contributed by atoms with van der Waals surface area (Å²) in [6.07, 6.45) is 1.61. The van der Waals surface area contributed by atoms with E-state index in [9.17, 15) is 10.1 Å². The topological polar surface area (TPSA) is 43.1 Å². The first kappa shape index (κ1) is 15.0. The van der Waals surface area contributed by atoms with E-state index in [0.29, 0.717) is 5.56 Å². The van der Waals surface area contributed by atoms with Crippen LogP contribution >= 0.6 is 0 Å². The van der Waals surface area contributed by atoms with Gasteiger partial charge in [0.05, 0.1) is 10.5 Å².